The van der Waals surface area contributed by atoms with E-state index in [1.165, 1.54) is 12.8 Å². The highest BCUT2D eigenvalue weighted by Crippen LogP contribution is 2.49. The summed E-state index contributed by atoms with van der Waals surface area (Å²) < 4.78 is 2.06. The van der Waals surface area contributed by atoms with E-state index in [1.54, 1.807) is 0 Å². The predicted octanol–water partition coefficient (Wildman–Crippen LogP) is 3.91. The summed E-state index contributed by atoms with van der Waals surface area (Å²) in [5, 5.41) is 5.27. The molecule has 1 saturated carbocycles. The summed E-state index contributed by atoms with van der Waals surface area (Å²) in [4.78, 5) is 12.5. The van der Waals surface area contributed by atoms with Gasteiger partial charge >= 0.3 is 0 Å². The van der Waals surface area contributed by atoms with Gasteiger partial charge in [-0.2, -0.15) is 0 Å². The fraction of sp³-hybridized carbons (Fsp3) is 0.381. The van der Waals surface area contributed by atoms with Crippen LogP contribution in [0.3, 0.4) is 0 Å². The largest absolute Gasteiger partial charge is 0.352 e. The highest BCUT2D eigenvalue weighted by Gasteiger charge is 2.49. The molecular formula is C21H26N4O. The summed E-state index contributed by atoms with van der Waals surface area (Å²) in [6.45, 7) is 2.99. The number of rotatable bonds is 7. The Kier molecular flexibility index (Phi) is 4.45. The van der Waals surface area contributed by atoms with E-state index in [4.69, 9.17) is 0 Å². The maximum Gasteiger partial charge on any atom is 0.224 e. The minimum absolute atomic E-state index is 0.0761. The quantitative estimate of drug-likeness (QED) is 0.796. The molecule has 136 valence electrons. The molecule has 1 atom stereocenters. The van der Waals surface area contributed by atoms with Crippen LogP contribution in [-0.4, -0.2) is 16.0 Å². The SMILES string of the molecule is CCn1ccc(NC(=O)CCC2(C3CC3)C=CNN2c2ccccc2)c1. The number of benzene rings is 1. The number of aromatic nitrogens is 1. The number of carbonyl (C=O) groups is 1. The van der Waals surface area contributed by atoms with Crippen molar-refractivity contribution in [2.24, 2.45) is 5.92 Å². The molecule has 2 N–H and O–H groups in total. The van der Waals surface area contributed by atoms with Gasteiger partial charge in [-0.3, -0.25) is 9.80 Å². The number of hydrazine groups is 1. The smallest absolute Gasteiger partial charge is 0.224 e. The van der Waals surface area contributed by atoms with Gasteiger partial charge in [0.25, 0.3) is 0 Å². The summed E-state index contributed by atoms with van der Waals surface area (Å²) in [7, 11) is 0. The Morgan fingerprint density at radius 1 is 1.27 bits per heavy atom. The van der Waals surface area contributed by atoms with Crippen LogP contribution in [0.15, 0.2) is 61.1 Å². The van der Waals surface area contributed by atoms with Gasteiger partial charge in [-0.05, 0) is 56.4 Å². The lowest BCUT2D eigenvalue weighted by molar-refractivity contribution is -0.116. The summed E-state index contributed by atoms with van der Waals surface area (Å²) in [6, 6.07) is 12.3. The number of hydrogen-bond donors (Lipinski definition) is 2. The van der Waals surface area contributed by atoms with Crippen molar-refractivity contribution in [3.8, 4) is 0 Å². The minimum atomic E-state index is -0.117. The van der Waals surface area contributed by atoms with Crippen LogP contribution in [0.2, 0.25) is 0 Å². The molecule has 0 radical (unpaired) electrons. The number of aryl methyl sites for hydroxylation is 1. The Labute approximate surface area is 154 Å². The zero-order valence-electron chi connectivity index (χ0n) is 15.2. The Bertz CT molecular complexity index is 793. The van der Waals surface area contributed by atoms with Gasteiger partial charge in [0.15, 0.2) is 0 Å². The zero-order valence-corrected chi connectivity index (χ0v) is 15.2. The highest BCUT2D eigenvalue weighted by molar-refractivity contribution is 5.90. The van der Waals surface area contributed by atoms with Crippen LogP contribution in [0, 0.1) is 5.92 Å². The van der Waals surface area contributed by atoms with E-state index in [-0.39, 0.29) is 11.4 Å². The number of amides is 1. The van der Waals surface area contributed by atoms with E-state index >= 15 is 0 Å². The number of para-hydroxylation sites is 1. The monoisotopic (exact) mass is 350 g/mol. The van der Waals surface area contributed by atoms with Crippen LogP contribution in [-0.2, 0) is 11.3 Å². The van der Waals surface area contributed by atoms with Crippen molar-refractivity contribution < 1.29 is 4.79 Å². The minimum Gasteiger partial charge on any atom is -0.352 e. The van der Waals surface area contributed by atoms with Gasteiger partial charge in [-0.15, -0.1) is 0 Å². The number of anilines is 2. The van der Waals surface area contributed by atoms with E-state index in [9.17, 15) is 4.79 Å². The lowest BCUT2D eigenvalue weighted by atomic mass is 9.87. The topological polar surface area (TPSA) is 49.3 Å². The zero-order chi connectivity index (χ0) is 18.0. The third-order valence-corrected chi connectivity index (χ3v) is 5.44. The fourth-order valence-corrected chi connectivity index (χ4v) is 3.89. The van der Waals surface area contributed by atoms with Gasteiger partial charge < -0.3 is 15.3 Å². The van der Waals surface area contributed by atoms with Crippen LogP contribution in [0.25, 0.3) is 0 Å². The number of hydrogen-bond acceptors (Lipinski definition) is 3. The molecule has 5 nitrogen and oxygen atoms in total. The second-order valence-corrected chi connectivity index (χ2v) is 7.18. The van der Waals surface area contributed by atoms with Gasteiger partial charge in [-0.25, -0.2) is 0 Å². The second-order valence-electron chi connectivity index (χ2n) is 7.18. The summed E-state index contributed by atoms with van der Waals surface area (Å²) in [5.74, 6) is 0.676. The lowest BCUT2D eigenvalue weighted by Crippen LogP contribution is -2.51. The molecule has 2 aliphatic rings. The van der Waals surface area contributed by atoms with E-state index in [0.717, 1.165) is 24.3 Å². The molecule has 0 bridgehead atoms. The first-order chi connectivity index (χ1) is 12.7. The summed E-state index contributed by atoms with van der Waals surface area (Å²) in [6.07, 6.45) is 12.0. The van der Waals surface area contributed by atoms with E-state index in [0.29, 0.717) is 12.3 Å². The van der Waals surface area contributed by atoms with E-state index < -0.39 is 0 Å². The maximum atomic E-state index is 12.5. The van der Waals surface area contributed by atoms with Crippen molar-refractivity contribution in [2.75, 3.05) is 10.3 Å². The Hall–Kier alpha value is -2.69. The fourth-order valence-electron chi connectivity index (χ4n) is 3.89. The molecule has 1 unspecified atom stereocenters. The van der Waals surface area contributed by atoms with Gasteiger partial charge in [0, 0.05) is 31.6 Å². The number of nitrogens with one attached hydrogen (secondary N) is 2. The first kappa shape index (κ1) is 16.8. The molecule has 5 heteroatoms. The van der Waals surface area contributed by atoms with Crippen LogP contribution in [0.4, 0.5) is 11.4 Å². The number of nitrogens with zero attached hydrogens (tertiary/aromatic N) is 2. The van der Waals surface area contributed by atoms with Crippen molar-refractivity contribution in [2.45, 2.75) is 44.7 Å². The van der Waals surface area contributed by atoms with Crippen molar-refractivity contribution >= 4 is 17.3 Å². The molecule has 2 aromatic rings. The highest BCUT2D eigenvalue weighted by atomic mass is 16.1. The van der Waals surface area contributed by atoms with E-state index in [2.05, 4.69) is 57.6 Å². The Morgan fingerprint density at radius 2 is 2.08 bits per heavy atom. The van der Waals surface area contributed by atoms with E-state index in [1.807, 2.05) is 30.7 Å². The van der Waals surface area contributed by atoms with Crippen LogP contribution in [0.1, 0.15) is 32.6 Å². The predicted molar refractivity (Wildman–Crippen MR) is 105 cm³/mol. The summed E-state index contributed by atoms with van der Waals surface area (Å²) >= 11 is 0. The van der Waals surface area contributed by atoms with Crippen molar-refractivity contribution in [1.29, 1.82) is 0 Å². The molecule has 0 saturated heterocycles. The van der Waals surface area contributed by atoms with Gasteiger partial charge in [0.1, 0.15) is 0 Å². The van der Waals surface area contributed by atoms with Crippen LogP contribution in [0.5, 0.6) is 0 Å². The van der Waals surface area contributed by atoms with Crippen LogP contribution < -0.4 is 15.8 Å². The first-order valence-electron chi connectivity index (χ1n) is 9.46. The normalized spacial score (nSPS) is 21.7. The van der Waals surface area contributed by atoms with Gasteiger partial charge in [0.05, 0.1) is 16.9 Å². The molecule has 1 amide bonds. The average molecular weight is 350 g/mol. The second kappa shape index (κ2) is 6.90. The Balaban J connectivity index is 1.45. The van der Waals surface area contributed by atoms with Crippen molar-refractivity contribution in [3.63, 3.8) is 0 Å². The molecular weight excluding hydrogens is 324 g/mol. The molecule has 1 fully saturated rings. The molecule has 1 aliphatic carbocycles. The number of carbonyl (C=O) groups excluding carboxylic acids is 1. The molecule has 1 aliphatic heterocycles. The van der Waals surface area contributed by atoms with Crippen molar-refractivity contribution in [1.82, 2.24) is 9.99 Å². The molecule has 4 rings (SSSR count). The molecule has 0 spiro atoms. The van der Waals surface area contributed by atoms with Crippen molar-refractivity contribution in [3.05, 3.63) is 61.1 Å². The first-order valence-corrected chi connectivity index (χ1v) is 9.46. The Morgan fingerprint density at radius 3 is 2.77 bits per heavy atom. The molecule has 1 aromatic carbocycles. The lowest BCUT2D eigenvalue weighted by Gasteiger charge is -2.39. The van der Waals surface area contributed by atoms with Gasteiger partial charge in [0.2, 0.25) is 5.91 Å². The third kappa shape index (κ3) is 3.21. The molecule has 2 heterocycles. The maximum absolute atomic E-state index is 12.5. The standard InChI is InChI=1S/C21H26N4O/c1-2-24-15-11-18(16-24)23-20(26)10-12-21(17-8-9-17)13-14-22-25(21)19-6-4-3-5-7-19/h3-7,11,13-17,22H,2,8-10,12H2,1H3,(H,23,26). The summed E-state index contributed by atoms with van der Waals surface area (Å²) in [5.41, 5.74) is 5.29. The third-order valence-electron chi connectivity index (χ3n) is 5.44. The molecule has 1 aromatic heterocycles. The van der Waals surface area contributed by atoms with Crippen LogP contribution >= 0.6 is 0 Å². The molecule has 26 heavy (non-hydrogen) atoms. The van der Waals surface area contributed by atoms with Gasteiger partial charge in [-0.1, -0.05) is 18.2 Å². The average Bonchev–Trinajstić information content (AvgIpc) is 3.28.